The van der Waals surface area contributed by atoms with Crippen LogP contribution in [-0.4, -0.2) is 54.1 Å². The van der Waals surface area contributed by atoms with Crippen molar-refractivity contribution in [2.75, 3.05) is 20.1 Å². The Balaban J connectivity index is 1.39. The van der Waals surface area contributed by atoms with Crippen molar-refractivity contribution in [1.29, 1.82) is 0 Å². The van der Waals surface area contributed by atoms with Crippen LogP contribution < -0.4 is 5.32 Å². The SMILES string of the molecule is CN1CCN([C@H]2CC[C@H](NC(=O)OCc3ccccc3)CC2)C1=O. The first kappa shape index (κ1) is 16.6. The van der Waals surface area contributed by atoms with Gasteiger partial charge in [-0.25, -0.2) is 9.59 Å². The largest absolute Gasteiger partial charge is 0.445 e. The van der Waals surface area contributed by atoms with Gasteiger partial charge in [-0.3, -0.25) is 0 Å². The van der Waals surface area contributed by atoms with Crippen LogP contribution in [0.3, 0.4) is 0 Å². The third-order valence-electron chi connectivity index (χ3n) is 4.92. The van der Waals surface area contributed by atoms with Gasteiger partial charge in [-0.15, -0.1) is 0 Å². The monoisotopic (exact) mass is 331 g/mol. The fraction of sp³-hybridized carbons (Fsp3) is 0.556. The molecule has 2 fully saturated rings. The highest BCUT2D eigenvalue weighted by molar-refractivity contribution is 5.76. The Kier molecular flexibility index (Phi) is 5.23. The standard InChI is InChI=1S/C18H25N3O3/c1-20-11-12-21(18(20)23)16-9-7-15(8-10-16)19-17(22)24-13-14-5-3-2-4-6-14/h2-6,15-16H,7-13H2,1H3,(H,19,22)/t15-,16-. The third kappa shape index (κ3) is 3.99. The number of rotatable bonds is 4. The number of likely N-dealkylation sites (N-methyl/N-ethyl adjacent to an activating group) is 1. The zero-order chi connectivity index (χ0) is 16.9. The summed E-state index contributed by atoms with van der Waals surface area (Å²) in [5.74, 6) is 0. The van der Waals surface area contributed by atoms with Crippen LogP contribution in [0.4, 0.5) is 9.59 Å². The summed E-state index contributed by atoms with van der Waals surface area (Å²) in [6.45, 7) is 1.91. The molecule has 0 bridgehead atoms. The van der Waals surface area contributed by atoms with Gasteiger partial charge in [-0.1, -0.05) is 30.3 Å². The molecule has 1 saturated heterocycles. The highest BCUT2D eigenvalue weighted by Gasteiger charge is 2.34. The number of hydrogen-bond donors (Lipinski definition) is 1. The number of nitrogens with one attached hydrogen (secondary N) is 1. The molecule has 1 aromatic rings. The molecule has 0 unspecified atom stereocenters. The molecule has 1 heterocycles. The summed E-state index contributed by atoms with van der Waals surface area (Å²) in [4.78, 5) is 27.7. The van der Waals surface area contributed by atoms with E-state index in [1.807, 2.05) is 42.3 Å². The van der Waals surface area contributed by atoms with Crippen LogP contribution in [0.5, 0.6) is 0 Å². The van der Waals surface area contributed by atoms with E-state index < -0.39 is 0 Å². The fourth-order valence-corrected chi connectivity index (χ4v) is 3.47. The van der Waals surface area contributed by atoms with Crippen molar-refractivity contribution in [1.82, 2.24) is 15.1 Å². The van der Waals surface area contributed by atoms with Gasteiger partial charge in [0.05, 0.1) is 0 Å². The summed E-state index contributed by atoms with van der Waals surface area (Å²) in [5, 5.41) is 2.95. The molecule has 6 heteroatoms. The van der Waals surface area contributed by atoms with Gasteiger partial charge in [0.2, 0.25) is 0 Å². The molecule has 0 atom stereocenters. The zero-order valence-electron chi connectivity index (χ0n) is 14.1. The molecule has 1 N–H and O–H groups in total. The van der Waals surface area contributed by atoms with Crippen LogP contribution >= 0.6 is 0 Å². The van der Waals surface area contributed by atoms with Crippen LogP contribution in [0.1, 0.15) is 31.2 Å². The van der Waals surface area contributed by atoms with Crippen molar-refractivity contribution in [3.8, 4) is 0 Å². The summed E-state index contributed by atoms with van der Waals surface area (Å²) in [6, 6.07) is 10.2. The van der Waals surface area contributed by atoms with Crippen LogP contribution in [0.25, 0.3) is 0 Å². The minimum Gasteiger partial charge on any atom is -0.445 e. The Morgan fingerprint density at radius 3 is 2.50 bits per heavy atom. The van der Waals surface area contributed by atoms with E-state index in [2.05, 4.69) is 5.32 Å². The molecule has 6 nitrogen and oxygen atoms in total. The van der Waals surface area contributed by atoms with E-state index >= 15 is 0 Å². The van der Waals surface area contributed by atoms with Gasteiger partial charge in [0.15, 0.2) is 0 Å². The highest BCUT2D eigenvalue weighted by atomic mass is 16.5. The lowest BCUT2D eigenvalue weighted by Crippen LogP contribution is -2.45. The molecular weight excluding hydrogens is 306 g/mol. The summed E-state index contributed by atoms with van der Waals surface area (Å²) < 4.78 is 5.27. The lowest BCUT2D eigenvalue weighted by atomic mass is 9.90. The van der Waals surface area contributed by atoms with Gasteiger partial charge >= 0.3 is 12.1 Å². The lowest BCUT2D eigenvalue weighted by Gasteiger charge is -2.34. The number of carbonyl (C=O) groups is 2. The smallest absolute Gasteiger partial charge is 0.407 e. The van der Waals surface area contributed by atoms with Crippen molar-refractivity contribution in [2.24, 2.45) is 0 Å². The van der Waals surface area contributed by atoms with Crippen molar-refractivity contribution < 1.29 is 14.3 Å². The van der Waals surface area contributed by atoms with Gasteiger partial charge in [0.1, 0.15) is 6.61 Å². The van der Waals surface area contributed by atoms with Crippen LogP contribution in [-0.2, 0) is 11.3 Å². The van der Waals surface area contributed by atoms with Crippen molar-refractivity contribution in [3.05, 3.63) is 35.9 Å². The molecule has 1 aromatic carbocycles. The molecule has 2 aliphatic rings. The number of ether oxygens (including phenoxy) is 1. The molecular formula is C18H25N3O3. The average Bonchev–Trinajstić information content (AvgIpc) is 2.94. The van der Waals surface area contributed by atoms with Crippen LogP contribution in [0, 0.1) is 0 Å². The Morgan fingerprint density at radius 1 is 1.17 bits per heavy atom. The van der Waals surface area contributed by atoms with E-state index in [4.69, 9.17) is 4.74 Å². The molecule has 130 valence electrons. The number of benzene rings is 1. The Bertz CT molecular complexity index is 570. The number of urea groups is 1. The molecule has 0 spiro atoms. The van der Waals surface area contributed by atoms with Crippen molar-refractivity contribution in [2.45, 2.75) is 44.4 Å². The van der Waals surface area contributed by atoms with Crippen LogP contribution in [0.2, 0.25) is 0 Å². The summed E-state index contributed by atoms with van der Waals surface area (Å²) >= 11 is 0. The van der Waals surface area contributed by atoms with E-state index in [1.165, 1.54) is 0 Å². The number of alkyl carbamates (subject to hydrolysis) is 1. The van der Waals surface area contributed by atoms with E-state index in [9.17, 15) is 9.59 Å². The first-order valence-corrected chi connectivity index (χ1v) is 8.62. The summed E-state index contributed by atoms with van der Waals surface area (Å²) in [7, 11) is 1.85. The second-order valence-corrected chi connectivity index (χ2v) is 6.61. The zero-order valence-corrected chi connectivity index (χ0v) is 14.1. The molecule has 1 aliphatic heterocycles. The minimum absolute atomic E-state index is 0.133. The molecule has 0 radical (unpaired) electrons. The summed E-state index contributed by atoms with van der Waals surface area (Å²) in [6.07, 6.45) is 3.28. The second kappa shape index (κ2) is 7.55. The van der Waals surface area contributed by atoms with E-state index in [0.717, 1.165) is 44.3 Å². The molecule has 3 amide bonds. The quantitative estimate of drug-likeness (QED) is 0.922. The van der Waals surface area contributed by atoms with E-state index in [1.54, 1.807) is 4.90 Å². The molecule has 24 heavy (non-hydrogen) atoms. The molecule has 1 saturated carbocycles. The first-order chi connectivity index (χ1) is 11.6. The Labute approximate surface area is 142 Å². The van der Waals surface area contributed by atoms with Crippen molar-refractivity contribution >= 4 is 12.1 Å². The summed E-state index contributed by atoms with van der Waals surface area (Å²) in [5.41, 5.74) is 0.980. The number of carbonyl (C=O) groups excluding carboxylic acids is 2. The predicted octanol–water partition coefficient (Wildman–Crippen LogP) is 2.59. The van der Waals surface area contributed by atoms with E-state index in [-0.39, 0.29) is 24.8 Å². The second-order valence-electron chi connectivity index (χ2n) is 6.61. The van der Waals surface area contributed by atoms with Gasteiger partial charge in [0, 0.05) is 32.2 Å². The number of amides is 3. The lowest BCUT2D eigenvalue weighted by molar-refractivity contribution is 0.126. The predicted molar refractivity (Wildman–Crippen MR) is 90.5 cm³/mol. The average molecular weight is 331 g/mol. The Hall–Kier alpha value is -2.24. The maximum atomic E-state index is 12.0. The molecule has 3 rings (SSSR count). The van der Waals surface area contributed by atoms with Gasteiger partial charge in [0.25, 0.3) is 0 Å². The maximum Gasteiger partial charge on any atom is 0.407 e. The molecule has 1 aliphatic carbocycles. The van der Waals surface area contributed by atoms with Gasteiger partial charge < -0.3 is 19.9 Å². The molecule has 0 aromatic heterocycles. The van der Waals surface area contributed by atoms with Gasteiger partial charge in [-0.2, -0.15) is 0 Å². The number of nitrogens with zero attached hydrogens (tertiary/aromatic N) is 2. The third-order valence-corrected chi connectivity index (χ3v) is 4.92. The highest BCUT2D eigenvalue weighted by Crippen LogP contribution is 2.25. The Morgan fingerprint density at radius 2 is 1.88 bits per heavy atom. The van der Waals surface area contributed by atoms with E-state index in [0.29, 0.717) is 6.04 Å². The topological polar surface area (TPSA) is 61.9 Å². The fourth-order valence-electron chi connectivity index (χ4n) is 3.47. The van der Waals surface area contributed by atoms with Crippen molar-refractivity contribution in [3.63, 3.8) is 0 Å². The van der Waals surface area contributed by atoms with Crippen LogP contribution in [0.15, 0.2) is 30.3 Å². The van der Waals surface area contributed by atoms with Gasteiger partial charge in [-0.05, 0) is 31.2 Å². The maximum absolute atomic E-state index is 12.0. The number of hydrogen-bond acceptors (Lipinski definition) is 3. The minimum atomic E-state index is -0.362. The normalized spacial score (nSPS) is 24.1. The first-order valence-electron chi connectivity index (χ1n) is 8.62.